The fraction of sp³-hybridized carbons (Fsp3) is 0.200. The first-order chi connectivity index (χ1) is 11.4. The lowest BCUT2D eigenvalue weighted by Gasteiger charge is -2.14. The number of pyridine rings is 1. The highest BCUT2D eigenvalue weighted by atomic mass is 35.5. The molecule has 3 N–H and O–H groups in total. The van der Waals surface area contributed by atoms with Gasteiger partial charge in [-0.05, 0) is 25.1 Å². The number of rotatable bonds is 6. The first-order valence-electron chi connectivity index (χ1n) is 6.84. The molecule has 0 saturated heterocycles. The Balaban J connectivity index is 2.38. The molecule has 0 atom stereocenters. The van der Waals surface area contributed by atoms with E-state index in [2.05, 4.69) is 15.1 Å². The van der Waals surface area contributed by atoms with Crippen LogP contribution in [0.4, 0.5) is 20.2 Å². The Labute approximate surface area is 141 Å². The maximum atomic E-state index is 14.2. The third-order valence-electron chi connectivity index (χ3n) is 2.95. The molecule has 2 aromatic rings. The van der Waals surface area contributed by atoms with Crippen LogP contribution in [-0.4, -0.2) is 29.2 Å². The quantitative estimate of drug-likeness (QED) is 0.420. The van der Waals surface area contributed by atoms with E-state index in [9.17, 15) is 13.6 Å². The van der Waals surface area contributed by atoms with E-state index in [1.54, 1.807) is 19.1 Å². The Kier molecular flexibility index (Phi) is 6.02. The van der Waals surface area contributed by atoms with Crippen LogP contribution in [0, 0.1) is 18.6 Å². The first-order valence-corrected chi connectivity index (χ1v) is 7.22. The van der Waals surface area contributed by atoms with Crippen LogP contribution in [0.1, 0.15) is 16.1 Å². The summed E-state index contributed by atoms with van der Waals surface area (Å²) in [4.78, 5) is 20.8. The van der Waals surface area contributed by atoms with Crippen LogP contribution >= 0.6 is 11.6 Å². The van der Waals surface area contributed by atoms with Gasteiger partial charge in [-0.1, -0.05) is 11.6 Å². The zero-order valence-electron chi connectivity index (χ0n) is 12.6. The zero-order valence-corrected chi connectivity index (χ0v) is 13.3. The molecule has 6 nitrogen and oxygen atoms in total. The van der Waals surface area contributed by atoms with Crippen LogP contribution < -0.4 is 10.8 Å². The molecule has 0 fully saturated rings. The van der Waals surface area contributed by atoms with Gasteiger partial charge >= 0.3 is 0 Å². The van der Waals surface area contributed by atoms with Gasteiger partial charge in [0.15, 0.2) is 11.6 Å². The predicted octanol–water partition coefficient (Wildman–Crippen LogP) is 2.72. The smallest absolute Gasteiger partial charge is 0.277 e. The molecule has 0 aliphatic carbocycles. The van der Waals surface area contributed by atoms with Gasteiger partial charge in [0, 0.05) is 5.69 Å². The second kappa shape index (κ2) is 8.00. The molecule has 0 aliphatic heterocycles. The molecule has 0 radical (unpaired) electrons. The van der Waals surface area contributed by atoms with Crippen molar-refractivity contribution in [2.45, 2.75) is 6.92 Å². The highest BCUT2D eigenvalue weighted by Gasteiger charge is 2.22. The summed E-state index contributed by atoms with van der Waals surface area (Å²) < 4.78 is 28.0. The van der Waals surface area contributed by atoms with Gasteiger partial charge < -0.3 is 10.4 Å². The largest absolute Gasteiger partial charge is 0.394 e. The number of hydrogen-bond donors (Lipinski definition) is 3. The molecular weight excluding hydrogens is 344 g/mol. The van der Waals surface area contributed by atoms with Crippen molar-refractivity contribution in [3.8, 4) is 0 Å². The van der Waals surface area contributed by atoms with Crippen molar-refractivity contribution < 1.29 is 23.5 Å². The van der Waals surface area contributed by atoms with E-state index in [-0.39, 0.29) is 18.8 Å². The molecule has 0 saturated carbocycles. The Morgan fingerprint density at radius 2 is 2.12 bits per heavy atom. The highest BCUT2D eigenvalue weighted by Crippen LogP contribution is 2.31. The summed E-state index contributed by atoms with van der Waals surface area (Å²) in [6.07, 6.45) is 1.41. The molecule has 0 aliphatic rings. The molecule has 0 bridgehead atoms. The van der Waals surface area contributed by atoms with Crippen molar-refractivity contribution in [1.82, 2.24) is 10.5 Å². The monoisotopic (exact) mass is 357 g/mol. The summed E-state index contributed by atoms with van der Waals surface area (Å²) in [6.45, 7) is 1.29. The number of benzene rings is 1. The maximum absolute atomic E-state index is 14.2. The number of amides is 1. The van der Waals surface area contributed by atoms with Gasteiger partial charge in [0.2, 0.25) is 0 Å². The van der Waals surface area contributed by atoms with E-state index in [1.165, 1.54) is 6.20 Å². The minimum Gasteiger partial charge on any atom is -0.394 e. The van der Waals surface area contributed by atoms with Crippen LogP contribution in [0.3, 0.4) is 0 Å². The first kappa shape index (κ1) is 18.1. The lowest BCUT2D eigenvalue weighted by atomic mass is 10.1. The molecule has 2 rings (SSSR count). The fourth-order valence-electron chi connectivity index (χ4n) is 1.80. The molecule has 24 heavy (non-hydrogen) atoms. The van der Waals surface area contributed by atoms with Gasteiger partial charge in [-0.15, -0.1) is 0 Å². The third kappa shape index (κ3) is 4.16. The molecule has 128 valence electrons. The third-order valence-corrected chi connectivity index (χ3v) is 3.22. The Morgan fingerprint density at radius 1 is 1.38 bits per heavy atom. The lowest BCUT2D eigenvalue weighted by molar-refractivity contribution is 0.0168. The van der Waals surface area contributed by atoms with Gasteiger partial charge in [0.05, 0.1) is 41.4 Å². The van der Waals surface area contributed by atoms with Crippen LogP contribution in [0.2, 0.25) is 5.02 Å². The van der Waals surface area contributed by atoms with E-state index >= 15 is 0 Å². The summed E-state index contributed by atoms with van der Waals surface area (Å²) in [5, 5.41) is 10.7. The van der Waals surface area contributed by atoms with Crippen LogP contribution in [0.15, 0.2) is 24.4 Å². The topological polar surface area (TPSA) is 83.5 Å². The van der Waals surface area contributed by atoms with Gasteiger partial charge in [0.1, 0.15) is 0 Å². The molecule has 0 spiro atoms. The molecule has 1 amide bonds. The van der Waals surface area contributed by atoms with E-state index in [1.807, 2.05) is 5.48 Å². The number of hydroxylamine groups is 1. The summed E-state index contributed by atoms with van der Waals surface area (Å²) in [7, 11) is 0. The summed E-state index contributed by atoms with van der Waals surface area (Å²) in [5.41, 5.74) is 2.42. The number of hydrogen-bond acceptors (Lipinski definition) is 5. The van der Waals surface area contributed by atoms with Crippen molar-refractivity contribution in [3.63, 3.8) is 0 Å². The van der Waals surface area contributed by atoms with E-state index in [0.29, 0.717) is 5.69 Å². The Bertz CT molecular complexity index is 742. The van der Waals surface area contributed by atoms with Crippen LogP contribution in [0.25, 0.3) is 0 Å². The summed E-state index contributed by atoms with van der Waals surface area (Å²) in [5.74, 6) is -3.45. The minimum atomic E-state index is -1.31. The molecule has 1 heterocycles. The lowest BCUT2D eigenvalue weighted by Crippen LogP contribution is -2.26. The number of aromatic nitrogens is 1. The number of aryl methyl sites for hydroxylation is 1. The van der Waals surface area contributed by atoms with Gasteiger partial charge in [-0.3, -0.25) is 14.6 Å². The number of nitrogens with one attached hydrogen (secondary N) is 2. The second-order valence-corrected chi connectivity index (χ2v) is 5.13. The number of aliphatic hydroxyl groups is 1. The van der Waals surface area contributed by atoms with Crippen LogP contribution in [0.5, 0.6) is 0 Å². The van der Waals surface area contributed by atoms with Crippen LogP contribution in [-0.2, 0) is 4.84 Å². The zero-order chi connectivity index (χ0) is 17.7. The molecule has 9 heteroatoms. The standard InChI is InChI=1S/C15H14ClF2N3O3/c1-8-2-3-9(7-19-8)20-14-10(15(23)21-24-5-4-22)6-11(16)12(17)13(14)18/h2-3,6-7,20,22H,4-5H2,1H3,(H,21,23). The van der Waals surface area contributed by atoms with Gasteiger partial charge in [0.25, 0.3) is 5.91 Å². The Hall–Kier alpha value is -2.29. The molecule has 0 unspecified atom stereocenters. The van der Waals surface area contributed by atoms with E-state index in [0.717, 1.165) is 11.8 Å². The molecule has 1 aromatic heterocycles. The maximum Gasteiger partial charge on any atom is 0.277 e. The van der Waals surface area contributed by atoms with E-state index < -0.39 is 28.3 Å². The van der Waals surface area contributed by atoms with Crippen molar-refractivity contribution in [2.75, 3.05) is 18.5 Å². The van der Waals surface area contributed by atoms with Crippen molar-refractivity contribution >= 4 is 28.9 Å². The van der Waals surface area contributed by atoms with Gasteiger partial charge in [-0.2, -0.15) is 0 Å². The van der Waals surface area contributed by atoms with Crippen molar-refractivity contribution in [2.24, 2.45) is 0 Å². The number of halogens is 3. The SMILES string of the molecule is Cc1ccc(Nc2c(C(=O)NOCCO)cc(Cl)c(F)c2F)cn1. The fourth-order valence-corrected chi connectivity index (χ4v) is 1.99. The number of carbonyl (C=O) groups excluding carboxylic acids is 1. The average Bonchev–Trinajstić information content (AvgIpc) is 2.57. The van der Waals surface area contributed by atoms with E-state index in [4.69, 9.17) is 16.7 Å². The highest BCUT2D eigenvalue weighted by molar-refractivity contribution is 6.31. The van der Waals surface area contributed by atoms with Gasteiger partial charge in [-0.25, -0.2) is 14.3 Å². The van der Waals surface area contributed by atoms with Crippen molar-refractivity contribution in [1.29, 1.82) is 0 Å². The summed E-state index contributed by atoms with van der Waals surface area (Å²) in [6, 6.07) is 4.23. The predicted molar refractivity (Wildman–Crippen MR) is 84.1 cm³/mol. The number of aliphatic hydroxyl groups excluding tert-OH is 1. The Morgan fingerprint density at radius 3 is 2.75 bits per heavy atom. The normalized spacial score (nSPS) is 10.5. The number of nitrogens with zero attached hydrogens (tertiary/aromatic N) is 1. The second-order valence-electron chi connectivity index (χ2n) is 4.73. The molecular formula is C15H14ClF2N3O3. The number of carbonyl (C=O) groups is 1. The molecule has 1 aromatic carbocycles. The summed E-state index contributed by atoms with van der Waals surface area (Å²) >= 11 is 5.60. The number of anilines is 2. The van der Waals surface area contributed by atoms with Crippen molar-refractivity contribution in [3.05, 3.63) is 52.3 Å². The average molecular weight is 358 g/mol. The minimum absolute atomic E-state index is 0.159.